The summed E-state index contributed by atoms with van der Waals surface area (Å²) in [5.74, 6) is 0.253. The Labute approximate surface area is 175 Å². The average Bonchev–Trinajstić information content (AvgIpc) is 3.16. The van der Waals surface area contributed by atoms with E-state index >= 15 is 0 Å². The zero-order valence-corrected chi connectivity index (χ0v) is 17.5. The number of carbonyl (C=O) groups excluding carboxylic acids is 1. The van der Waals surface area contributed by atoms with Crippen LogP contribution in [0.1, 0.15) is 50.5 Å². The highest BCUT2D eigenvalue weighted by atomic mass is 32.1. The molecular formula is C25H24N2OS. The first-order valence-corrected chi connectivity index (χ1v) is 11.1. The van der Waals surface area contributed by atoms with Gasteiger partial charge in [-0.1, -0.05) is 29.8 Å². The summed E-state index contributed by atoms with van der Waals surface area (Å²) >= 11 is 1.59. The number of Topliss-reactive ketones (excluding diaryl/α,β-unsaturated/α-hetero) is 1. The molecule has 146 valence electrons. The maximum atomic E-state index is 12.8. The fourth-order valence-corrected chi connectivity index (χ4v) is 5.45. The molecule has 2 aromatic heterocycles. The van der Waals surface area contributed by atoms with Gasteiger partial charge in [0.05, 0.1) is 4.88 Å². The van der Waals surface area contributed by atoms with Crippen LogP contribution in [0.3, 0.4) is 0 Å². The number of likely N-dealkylation sites (tertiary alicyclic amines) is 1. The summed E-state index contributed by atoms with van der Waals surface area (Å²) in [6.07, 6.45) is 4.52. The number of fused-ring (bicyclic) bond motifs is 2. The summed E-state index contributed by atoms with van der Waals surface area (Å²) in [5.41, 5.74) is 8.80. The topological polar surface area (TPSA) is 33.2 Å². The minimum atomic E-state index is 0.253. The third kappa shape index (κ3) is 3.59. The number of rotatable bonds is 2. The minimum Gasteiger partial charge on any atom is -0.298 e. The first kappa shape index (κ1) is 18.5. The number of hydrogen-bond acceptors (Lipinski definition) is 4. The van der Waals surface area contributed by atoms with Gasteiger partial charge in [0.2, 0.25) is 0 Å². The van der Waals surface area contributed by atoms with Crippen molar-refractivity contribution in [3.8, 4) is 0 Å². The number of aromatic nitrogens is 1. The summed E-state index contributed by atoms with van der Waals surface area (Å²) < 4.78 is 0. The highest BCUT2D eigenvalue weighted by molar-refractivity contribution is 7.12. The van der Waals surface area contributed by atoms with Crippen molar-refractivity contribution in [1.29, 1.82) is 0 Å². The number of thiophene rings is 1. The van der Waals surface area contributed by atoms with Crippen molar-refractivity contribution in [3.05, 3.63) is 92.4 Å². The SMILES string of the molecule is Cc1cc(CN2CCC(=C3c4ccccc4CC(=O)c4sccc43)CC2)ccn1. The van der Waals surface area contributed by atoms with Gasteiger partial charge in [0.15, 0.2) is 5.78 Å². The molecule has 0 spiro atoms. The Hall–Kier alpha value is -2.56. The Balaban J connectivity index is 1.47. The van der Waals surface area contributed by atoms with Gasteiger partial charge in [-0.25, -0.2) is 0 Å². The zero-order valence-electron chi connectivity index (χ0n) is 16.6. The molecule has 0 atom stereocenters. The highest BCUT2D eigenvalue weighted by Crippen LogP contribution is 2.40. The number of pyridine rings is 1. The summed E-state index contributed by atoms with van der Waals surface area (Å²) in [6, 6.07) is 14.9. The Morgan fingerprint density at radius 2 is 1.90 bits per heavy atom. The second-order valence-corrected chi connectivity index (χ2v) is 8.90. The first-order chi connectivity index (χ1) is 14.2. The van der Waals surface area contributed by atoms with Crippen LogP contribution in [-0.4, -0.2) is 28.8 Å². The average molecular weight is 401 g/mol. The van der Waals surface area contributed by atoms with Gasteiger partial charge in [-0.3, -0.25) is 14.7 Å². The van der Waals surface area contributed by atoms with Crippen LogP contribution in [0.4, 0.5) is 0 Å². The Bertz CT molecular complexity index is 1100. The van der Waals surface area contributed by atoms with Crippen molar-refractivity contribution in [3.63, 3.8) is 0 Å². The van der Waals surface area contributed by atoms with Crippen LogP contribution in [-0.2, 0) is 13.0 Å². The number of nitrogens with zero attached hydrogens (tertiary/aromatic N) is 2. The predicted octanol–water partition coefficient (Wildman–Crippen LogP) is 5.29. The molecule has 0 unspecified atom stereocenters. The van der Waals surface area contributed by atoms with E-state index in [1.54, 1.807) is 11.3 Å². The lowest BCUT2D eigenvalue weighted by molar-refractivity contribution is 0.0997. The maximum absolute atomic E-state index is 12.8. The molecule has 3 nitrogen and oxygen atoms in total. The second-order valence-electron chi connectivity index (χ2n) is 7.98. The molecule has 0 amide bonds. The number of aryl methyl sites for hydroxylation is 1. The van der Waals surface area contributed by atoms with Crippen LogP contribution in [0.5, 0.6) is 0 Å². The van der Waals surface area contributed by atoms with E-state index in [2.05, 4.69) is 51.7 Å². The summed E-state index contributed by atoms with van der Waals surface area (Å²) in [7, 11) is 0. The van der Waals surface area contributed by atoms with E-state index in [9.17, 15) is 4.79 Å². The molecule has 3 aromatic rings. The van der Waals surface area contributed by atoms with Gasteiger partial charge in [0.1, 0.15) is 0 Å². The van der Waals surface area contributed by atoms with Crippen LogP contribution in [0.2, 0.25) is 0 Å². The van der Waals surface area contributed by atoms with Gasteiger partial charge in [0, 0.05) is 43.5 Å². The predicted molar refractivity (Wildman–Crippen MR) is 118 cm³/mol. The number of benzene rings is 1. The van der Waals surface area contributed by atoms with E-state index in [0.29, 0.717) is 6.42 Å². The minimum absolute atomic E-state index is 0.253. The van der Waals surface area contributed by atoms with E-state index in [4.69, 9.17) is 0 Å². The smallest absolute Gasteiger partial charge is 0.177 e. The van der Waals surface area contributed by atoms with Crippen LogP contribution in [0.15, 0.2) is 59.6 Å². The maximum Gasteiger partial charge on any atom is 0.177 e. The first-order valence-electron chi connectivity index (χ1n) is 10.2. The van der Waals surface area contributed by atoms with Gasteiger partial charge in [-0.2, -0.15) is 0 Å². The second kappa shape index (κ2) is 7.69. The van der Waals surface area contributed by atoms with E-state index in [1.165, 1.54) is 22.3 Å². The zero-order chi connectivity index (χ0) is 19.8. The molecule has 4 heteroatoms. The molecule has 3 heterocycles. The number of ketones is 1. The highest BCUT2D eigenvalue weighted by Gasteiger charge is 2.27. The van der Waals surface area contributed by atoms with Crippen molar-refractivity contribution < 1.29 is 4.79 Å². The van der Waals surface area contributed by atoms with E-state index in [1.807, 2.05) is 19.2 Å². The lowest BCUT2D eigenvalue weighted by atomic mass is 9.87. The monoisotopic (exact) mass is 400 g/mol. The molecule has 1 aliphatic heterocycles. The van der Waals surface area contributed by atoms with Crippen LogP contribution >= 0.6 is 11.3 Å². The Morgan fingerprint density at radius 1 is 1.07 bits per heavy atom. The molecule has 1 aromatic carbocycles. The van der Waals surface area contributed by atoms with Crippen molar-refractivity contribution in [2.75, 3.05) is 13.1 Å². The van der Waals surface area contributed by atoms with Crippen LogP contribution < -0.4 is 0 Å². The molecular weight excluding hydrogens is 376 g/mol. The van der Waals surface area contributed by atoms with Crippen molar-refractivity contribution >= 4 is 22.7 Å². The number of piperidine rings is 1. The Morgan fingerprint density at radius 3 is 2.72 bits per heavy atom. The summed E-state index contributed by atoms with van der Waals surface area (Å²) in [4.78, 5) is 20.6. The molecule has 1 aliphatic carbocycles. The van der Waals surface area contributed by atoms with E-state index in [0.717, 1.165) is 54.2 Å². The third-order valence-electron chi connectivity index (χ3n) is 6.01. The van der Waals surface area contributed by atoms with Crippen LogP contribution in [0.25, 0.3) is 5.57 Å². The molecule has 1 saturated heterocycles. The standard InChI is InChI=1S/C25H24N2OS/c1-17-14-18(6-10-26-17)16-27-11-7-19(8-12-27)24-21-5-3-2-4-20(21)15-23(28)25-22(24)9-13-29-25/h2-6,9-10,13-14H,7-8,11-12,15-16H2,1H3. The third-order valence-corrected chi connectivity index (χ3v) is 6.96. The van der Waals surface area contributed by atoms with Gasteiger partial charge in [-0.05, 0) is 65.6 Å². The number of carbonyl (C=O) groups is 1. The molecule has 0 bridgehead atoms. The van der Waals surface area contributed by atoms with Crippen molar-refractivity contribution in [1.82, 2.24) is 9.88 Å². The van der Waals surface area contributed by atoms with Crippen molar-refractivity contribution in [2.45, 2.75) is 32.7 Å². The molecule has 5 rings (SSSR count). The van der Waals surface area contributed by atoms with Gasteiger partial charge in [0.25, 0.3) is 0 Å². The lowest BCUT2D eigenvalue weighted by Gasteiger charge is -2.30. The number of hydrogen-bond donors (Lipinski definition) is 0. The fourth-order valence-electron chi connectivity index (χ4n) is 4.61. The Kier molecular flexibility index (Phi) is 4.90. The molecule has 0 saturated carbocycles. The molecule has 2 aliphatic rings. The summed E-state index contributed by atoms with van der Waals surface area (Å²) in [5, 5.41) is 2.07. The van der Waals surface area contributed by atoms with Crippen molar-refractivity contribution in [2.24, 2.45) is 0 Å². The fraction of sp³-hybridized carbons (Fsp3) is 0.280. The molecule has 29 heavy (non-hydrogen) atoms. The molecule has 1 fully saturated rings. The van der Waals surface area contributed by atoms with Crippen LogP contribution in [0, 0.1) is 6.92 Å². The van der Waals surface area contributed by atoms with Gasteiger partial charge < -0.3 is 0 Å². The summed E-state index contributed by atoms with van der Waals surface area (Å²) in [6.45, 7) is 5.13. The normalized spacial score (nSPS) is 17.1. The molecule has 0 radical (unpaired) electrons. The lowest BCUT2D eigenvalue weighted by Crippen LogP contribution is -2.30. The van der Waals surface area contributed by atoms with Gasteiger partial charge >= 0.3 is 0 Å². The molecule has 0 N–H and O–H groups in total. The van der Waals surface area contributed by atoms with Gasteiger partial charge in [-0.15, -0.1) is 11.3 Å². The van der Waals surface area contributed by atoms with E-state index < -0.39 is 0 Å². The largest absolute Gasteiger partial charge is 0.298 e. The quantitative estimate of drug-likeness (QED) is 0.586. The van der Waals surface area contributed by atoms with E-state index in [-0.39, 0.29) is 5.78 Å².